The highest BCUT2D eigenvalue weighted by atomic mass is 79.9. The Hall–Kier alpha value is 0.830. The Bertz CT molecular complexity index is 110. The van der Waals surface area contributed by atoms with Gasteiger partial charge >= 0.3 is 0 Å². The highest BCUT2D eigenvalue weighted by Crippen LogP contribution is 2.29. The predicted octanol–water partition coefficient (Wildman–Crippen LogP) is 4.08. The highest BCUT2D eigenvalue weighted by molar-refractivity contribution is 9.09. The average Bonchev–Trinajstić information content (AvgIpc) is 2.16. The van der Waals surface area contributed by atoms with E-state index in [-0.39, 0.29) is 0 Å². The Morgan fingerprint density at radius 2 is 2.00 bits per heavy atom. The second-order valence-electron chi connectivity index (χ2n) is 3.85. The lowest BCUT2D eigenvalue weighted by molar-refractivity contribution is 0.515. The van der Waals surface area contributed by atoms with Gasteiger partial charge in [-0.05, 0) is 24.5 Å². The van der Waals surface area contributed by atoms with Crippen LogP contribution in [-0.4, -0.2) is 16.3 Å². The summed E-state index contributed by atoms with van der Waals surface area (Å²) in [5.41, 5.74) is 0. The van der Waals surface area contributed by atoms with Gasteiger partial charge < -0.3 is 0 Å². The molecule has 2 heteroatoms. The van der Waals surface area contributed by atoms with Crippen LogP contribution in [0.4, 0.5) is 0 Å². The van der Waals surface area contributed by atoms with Crippen LogP contribution >= 0.6 is 27.7 Å². The van der Waals surface area contributed by atoms with Crippen LogP contribution in [0.5, 0.6) is 0 Å². The van der Waals surface area contributed by atoms with Gasteiger partial charge in [0.05, 0.1) is 0 Å². The molecule has 0 heterocycles. The molecule has 0 N–H and O–H groups in total. The smallest absolute Gasteiger partial charge is 0.00649 e. The zero-order valence-electron chi connectivity index (χ0n) is 7.89. The average molecular weight is 251 g/mol. The molecule has 1 aliphatic carbocycles. The molecule has 0 bridgehead atoms. The van der Waals surface area contributed by atoms with Gasteiger partial charge in [0.2, 0.25) is 0 Å². The maximum Gasteiger partial charge on any atom is 0.00649 e. The zero-order chi connectivity index (χ0) is 8.81. The first-order valence-corrected chi connectivity index (χ1v) is 7.17. The summed E-state index contributed by atoms with van der Waals surface area (Å²) in [4.78, 5) is 0. The molecule has 0 aromatic heterocycles. The molecule has 0 aliphatic heterocycles. The largest absolute Gasteiger partial charge is 0.158 e. The second-order valence-corrected chi connectivity index (χ2v) is 5.83. The Morgan fingerprint density at radius 3 is 2.58 bits per heavy atom. The minimum Gasteiger partial charge on any atom is -0.158 e. The monoisotopic (exact) mass is 250 g/mol. The third-order valence-corrected chi connectivity index (χ3v) is 5.24. The summed E-state index contributed by atoms with van der Waals surface area (Å²) in [6.45, 7) is 2.32. The number of thioether (sulfide) groups is 1. The SMILES string of the molecule is CC(CBr)CSC1CCCCC1. The molecule has 0 radical (unpaired) electrons. The number of hydrogen-bond donors (Lipinski definition) is 0. The van der Waals surface area contributed by atoms with E-state index in [1.165, 1.54) is 37.9 Å². The van der Waals surface area contributed by atoms with Gasteiger partial charge in [-0.15, -0.1) is 0 Å². The van der Waals surface area contributed by atoms with Crippen LogP contribution in [0, 0.1) is 5.92 Å². The quantitative estimate of drug-likeness (QED) is 0.678. The Labute approximate surface area is 89.0 Å². The predicted molar refractivity (Wildman–Crippen MR) is 62.3 cm³/mol. The topological polar surface area (TPSA) is 0 Å². The molecule has 0 nitrogen and oxygen atoms in total. The van der Waals surface area contributed by atoms with Gasteiger partial charge in [-0.25, -0.2) is 0 Å². The van der Waals surface area contributed by atoms with Crippen molar-refractivity contribution in [1.29, 1.82) is 0 Å². The summed E-state index contributed by atoms with van der Waals surface area (Å²) < 4.78 is 0. The Balaban J connectivity index is 2.05. The van der Waals surface area contributed by atoms with Crippen LogP contribution in [0.3, 0.4) is 0 Å². The summed E-state index contributed by atoms with van der Waals surface area (Å²) in [5, 5.41) is 2.15. The van der Waals surface area contributed by atoms with Crippen LogP contribution in [-0.2, 0) is 0 Å². The van der Waals surface area contributed by atoms with Crippen molar-refractivity contribution in [3.63, 3.8) is 0 Å². The molecule has 1 fully saturated rings. The molecule has 0 spiro atoms. The molecule has 1 saturated carbocycles. The van der Waals surface area contributed by atoms with Gasteiger partial charge in [0, 0.05) is 10.6 Å². The van der Waals surface area contributed by atoms with E-state index < -0.39 is 0 Å². The van der Waals surface area contributed by atoms with Crippen molar-refractivity contribution in [2.75, 3.05) is 11.1 Å². The first-order valence-electron chi connectivity index (χ1n) is 5.00. The fourth-order valence-corrected chi connectivity index (χ4v) is 3.49. The van der Waals surface area contributed by atoms with Crippen molar-refractivity contribution < 1.29 is 0 Å². The van der Waals surface area contributed by atoms with Crippen LogP contribution < -0.4 is 0 Å². The Kier molecular flexibility index (Phi) is 5.73. The molecule has 0 saturated heterocycles. The van der Waals surface area contributed by atoms with Crippen LogP contribution in [0.25, 0.3) is 0 Å². The molecule has 12 heavy (non-hydrogen) atoms. The van der Waals surface area contributed by atoms with Gasteiger partial charge in [-0.3, -0.25) is 0 Å². The molecule has 1 unspecified atom stereocenters. The Morgan fingerprint density at radius 1 is 1.33 bits per heavy atom. The summed E-state index contributed by atoms with van der Waals surface area (Å²) in [5.74, 6) is 2.19. The first kappa shape index (κ1) is 10.9. The van der Waals surface area contributed by atoms with Gasteiger partial charge in [-0.2, -0.15) is 11.8 Å². The molecule has 72 valence electrons. The van der Waals surface area contributed by atoms with E-state index in [1.54, 1.807) is 0 Å². The minimum atomic E-state index is 0.844. The fraction of sp³-hybridized carbons (Fsp3) is 1.00. The fourth-order valence-electron chi connectivity index (χ4n) is 1.58. The number of rotatable bonds is 4. The zero-order valence-corrected chi connectivity index (χ0v) is 10.3. The molecule has 1 rings (SSSR count). The summed E-state index contributed by atoms with van der Waals surface area (Å²) in [7, 11) is 0. The third-order valence-electron chi connectivity index (χ3n) is 2.43. The normalized spacial score (nSPS) is 22.5. The van der Waals surface area contributed by atoms with E-state index >= 15 is 0 Å². The molecule has 1 aliphatic rings. The van der Waals surface area contributed by atoms with Gasteiger partial charge in [0.15, 0.2) is 0 Å². The maximum absolute atomic E-state index is 3.53. The van der Waals surface area contributed by atoms with Crippen LogP contribution in [0.1, 0.15) is 39.0 Å². The maximum atomic E-state index is 3.53. The third kappa shape index (κ3) is 4.18. The molecule has 0 amide bonds. The number of hydrogen-bond acceptors (Lipinski definition) is 1. The van der Waals surface area contributed by atoms with Crippen molar-refractivity contribution in [2.45, 2.75) is 44.3 Å². The van der Waals surface area contributed by atoms with E-state index in [4.69, 9.17) is 0 Å². The lowest BCUT2D eigenvalue weighted by Crippen LogP contribution is -2.11. The standard InChI is InChI=1S/C10H19BrS/c1-9(7-11)8-12-10-5-3-2-4-6-10/h9-10H,2-8H2,1H3. The van der Waals surface area contributed by atoms with Crippen molar-refractivity contribution in [1.82, 2.24) is 0 Å². The summed E-state index contributed by atoms with van der Waals surface area (Å²) in [6, 6.07) is 0. The molecular weight excluding hydrogens is 232 g/mol. The van der Waals surface area contributed by atoms with E-state index in [0.717, 1.165) is 16.5 Å². The second kappa shape index (κ2) is 6.31. The summed E-state index contributed by atoms with van der Waals surface area (Å²) in [6.07, 6.45) is 7.37. The minimum absolute atomic E-state index is 0.844. The lowest BCUT2D eigenvalue weighted by atomic mass is 10.0. The van der Waals surface area contributed by atoms with E-state index in [1.807, 2.05) is 0 Å². The van der Waals surface area contributed by atoms with Crippen LogP contribution in [0.2, 0.25) is 0 Å². The van der Waals surface area contributed by atoms with Crippen molar-refractivity contribution >= 4 is 27.7 Å². The van der Waals surface area contributed by atoms with Gasteiger partial charge in [0.1, 0.15) is 0 Å². The van der Waals surface area contributed by atoms with Crippen molar-refractivity contribution in [2.24, 2.45) is 5.92 Å². The van der Waals surface area contributed by atoms with Crippen molar-refractivity contribution in [3.05, 3.63) is 0 Å². The van der Waals surface area contributed by atoms with Crippen molar-refractivity contribution in [3.8, 4) is 0 Å². The van der Waals surface area contributed by atoms with Gasteiger partial charge in [-0.1, -0.05) is 42.1 Å². The molecular formula is C10H19BrS. The van der Waals surface area contributed by atoms with Crippen LogP contribution in [0.15, 0.2) is 0 Å². The van der Waals surface area contributed by atoms with E-state index in [2.05, 4.69) is 34.6 Å². The van der Waals surface area contributed by atoms with E-state index in [9.17, 15) is 0 Å². The number of alkyl halides is 1. The number of halogens is 1. The lowest BCUT2D eigenvalue weighted by Gasteiger charge is -2.22. The summed E-state index contributed by atoms with van der Waals surface area (Å²) >= 11 is 5.73. The molecule has 1 atom stereocenters. The first-order chi connectivity index (χ1) is 5.83. The molecule has 0 aromatic rings. The van der Waals surface area contributed by atoms with Gasteiger partial charge in [0.25, 0.3) is 0 Å². The van der Waals surface area contributed by atoms with E-state index in [0.29, 0.717) is 0 Å². The molecule has 0 aromatic carbocycles. The highest BCUT2D eigenvalue weighted by Gasteiger charge is 2.14.